The molecule has 0 fully saturated rings. The standard InChI is InChI=1S/C9H13N3O2/c1-7(2)14-9-4-3-8(5-10-9)11-6-12-13/h3-7,13H,1-2H3,(H,11,12). The zero-order valence-electron chi connectivity index (χ0n) is 8.14. The molecule has 0 amide bonds. The van der Waals surface area contributed by atoms with Gasteiger partial charge in [0.15, 0.2) is 0 Å². The highest BCUT2D eigenvalue weighted by atomic mass is 16.5. The molecule has 0 unspecified atom stereocenters. The number of nitrogens with one attached hydrogen (secondary N) is 1. The minimum absolute atomic E-state index is 0.107. The minimum atomic E-state index is 0.107. The number of nitrogens with zero attached hydrogens (tertiary/aromatic N) is 2. The fourth-order valence-electron chi connectivity index (χ4n) is 0.863. The summed E-state index contributed by atoms with van der Waals surface area (Å²) in [6, 6.07) is 3.47. The highest BCUT2D eigenvalue weighted by Gasteiger charge is 1.97. The Morgan fingerprint density at radius 1 is 1.57 bits per heavy atom. The predicted octanol–water partition coefficient (Wildman–Crippen LogP) is 1.51. The molecule has 0 saturated heterocycles. The van der Waals surface area contributed by atoms with Crippen LogP contribution in [0.15, 0.2) is 23.3 Å². The maximum atomic E-state index is 8.26. The SMILES string of the molecule is CC(C)Oc1ccc(N=CNO)cn1. The van der Waals surface area contributed by atoms with Gasteiger partial charge in [-0.05, 0) is 19.9 Å². The fourth-order valence-corrected chi connectivity index (χ4v) is 0.863. The van der Waals surface area contributed by atoms with Gasteiger partial charge in [-0.15, -0.1) is 0 Å². The molecule has 0 saturated carbocycles. The van der Waals surface area contributed by atoms with Gasteiger partial charge in [-0.1, -0.05) is 0 Å². The van der Waals surface area contributed by atoms with Crippen molar-refractivity contribution in [2.75, 3.05) is 0 Å². The van der Waals surface area contributed by atoms with Gasteiger partial charge in [-0.2, -0.15) is 0 Å². The van der Waals surface area contributed by atoms with E-state index in [-0.39, 0.29) is 6.10 Å². The number of hydrogen-bond donors (Lipinski definition) is 2. The molecule has 0 aliphatic rings. The lowest BCUT2D eigenvalue weighted by Crippen LogP contribution is -2.06. The lowest BCUT2D eigenvalue weighted by atomic mass is 10.4. The highest BCUT2D eigenvalue weighted by Crippen LogP contribution is 2.14. The number of hydrogen-bond acceptors (Lipinski definition) is 4. The van der Waals surface area contributed by atoms with Crippen molar-refractivity contribution in [1.82, 2.24) is 10.5 Å². The molecular formula is C9H13N3O2. The van der Waals surface area contributed by atoms with Crippen molar-refractivity contribution in [3.05, 3.63) is 18.3 Å². The topological polar surface area (TPSA) is 66.7 Å². The van der Waals surface area contributed by atoms with Gasteiger partial charge in [0.2, 0.25) is 5.88 Å². The first-order valence-electron chi connectivity index (χ1n) is 4.27. The number of aliphatic imine (C=N–C) groups is 1. The van der Waals surface area contributed by atoms with Gasteiger partial charge >= 0.3 is 0 Å². The van der Waals surface area contributed by atoms with E-state index in [1.165, 1.54) is 6.34 Å². The first-order valence-corrected chi connectivity index (χ1v) is 4.27. The zero-order chi connectivity index (χ0) is 10.4. The lowest BCUT2D eigenvalue weighted by molar-refractivity contribution is 0.232. The van der Waals surface area contributed by atoms with Gasteiger partial charge in [-0.25, -0.2) is 9.98 Å². The van der Waals surface area contributed by atoms with Crippen LogP contribution in [0.1, 0.15) is 13.8 Å². The molecule has 1 heterocycles. The summed E-state index contributed by atoms with van der Waals surface area (Å²) in [6.45, 7) is 3.87. The summed E-state index contributed by atoms with van der Waals surface area (Å²) in [6.07, 6.45) is 2.84. The Bertz CT molecular complexity index is 295. The Hall–Kier alpha value is -1.62. The van der Waals surface area contributed by atoms with Crippen LogP contribution in [0.5, 0.6) is 5.88 Å². The van der Waals surface area contributed by atoms with Crippen molar-refractivity contribution in [1.29, 1.82) is 0 Å². The van der Waals surface area contributed by atoms with Gasteiger partial charge in [-0.3, -0.25) is 10.7 Å². The van der Waals surface area contributed by atoms with Crippen LogP contribution >= 0.6 is 0 Å². The van der Waals surface area contributed by atoms with Crippen molar-refractivity contribution < 1.29 is 9.94 Å². The van der Waals surface area contributed by atoms with E-state index in [1.54, 1.807) is 18.3 Å². The number of pyridine rings is 1. The Morgan fingerprint density at radius 2 is 2.36 bits per heavy atom. The quantitative estimate of drug-likeness (QED) is 0.434. The summed E-state index contributed by atoms with van der Waals surface area (Å²) in [5, 5.41) is 8.26. The Balaban J connectivity index is 2.64. The Kier molecular flexibility index (Phi) is 3.87. The zero-order valence-corrected chi connectivity index (χ0v) is 8.14. The van der Waals surface area contributed by atoms with E-state index < -0.39 is 0 Å². The van der Waals surface area contributed by atoms with Crippen LogP contribution < -0.4 is 10.2 Å². The second kappa shape index (κ2) is 5.18. The third-order valence-electron chi connectivity index (χ3n) is 1.35. The van der Waals surface area contributed by atoms with E-state index in [0.717, 1.165) is 0 Å². The molecule has 0 atom stereocenters. The maximum absolute atomic E-state index is 8.26. The molecule has 0 radical (unpaired) electrons. The van der Waals surface area contributed by atoms with Gasteiger partial charge in [0, 0.05) is 6.07 Å². The predicted molar refractivity (Wildman–Crippen MR) is 53.1 cm³/mol. The van der Waals surface area contributed by atoms with Crippen molar-refractivity contribution in [2.45, 2.75) is 20.0 Å². The second-order valence-electron chi connectivity index (χ2n) is 2.91. The molecule has 0 bridgehead atoms. The van der Waals surface area contributed by atoms with E-state index in [9.17, 15) is 0 Å². The molecule has 0 aromatic carbocycles. The Labute approximate surface area is 82.4 Å². The van der Waals surface area contributed by atoms with Crippen molar-refractivity contribution >= 4 is 12.0 Å². The molecule has 5 heteroatoms. The second-order valence-corrected chi connectivity index (χ2v) is 2.91. The third kappa shape index (κ3) is 3.40. The minimum Gasteiger partial charge on any atom is -0.475 e. The molecule has 0 aliphatic heterocycles. The first kappa shape index (κ1) is 10.5. The number of ether oxygens (including phenoxy) is 1. The van der Waals surface area contributed by atoms with Gasteiger partial charge in [0.1, 0.15) is 6.34 Å². The van der Waals surface area contributed by atoms with E-state index in [1.807, 2.05) is 19.3 Å². The highest BCUT2D eigenvalue weighted by molar-refractivity contribution is 5.59. The van der Waals surface area contributed by atoms with Crippen LogP contribution in [-0.4, -0.2) is 22.6 Å². The maximum Gasteiger partial charge on any atom is 0.213 e. The fraction of sp³-hybridized carbons (Fsp3) is 0.333. The van der Waals surface area contributed by atoms with Gasteiger partial charge in [0.05, 0.1) is 18.0 Å². The normalized spacial score (nSPS) is 10.9. The van der Waals surface area contributed by atoms with Crippen molar-refractivity contribution in [3.63, 3.8) is 0 Å². The number of rotatable bonds is 4. The van der Waals surface area contributed by atoms with Gasteiger partial charge < -0.3 is 4.74 Å². The van der Waals surface area contributed by atoms with Crippen molar-refractivity contribution in [3.8, 4) is 5.88 Å². The first-order chi connectivity index (χ1) is 6.72. The summed E-state index contributed by atoms with van der Waals surface area (Å²) >= 11 is 0. The summed E-state index contributed by atoms with van der Waals surface area (Å²) in [7, 11) is 0. The summed E-state index contributed by atoms with van der Waals surface area (Å²) < 4.78 is 5.35. The van der Waals surface area contributed by atoms with E-state index in [2.05, 4.69) is 9.98 Å². The molecule has 1 aromatic rings. The Morgan fingerprint density at radius 3 is 2.86 bits per heavy atom. The molecular weight excluding hydrogens is 182 g/mol. The van der Waals surface area contributed by atoms with E-state index in [0.29, 0.717) is 11.6 Å². The smallest absolute Gasteiger partial charge is 0.213 e. The molecule has 14 heavy (non-hydrogen) atoms. The number of aromatic nitrogens is 1. The summed E-state index contributed by atoms with van der Waals surface area (Å²) in [4.78, 5) is 7.87. The van der Waals surface area contributed by atoms with E-state index in [4.69, 9.17) is 9.94 Å². The van der Waals surface area contributed by atoms with Crippen molar-refractivity contribution in [2.24, 2.45) is 4.99 Å². The van der Waals surface area contributed by atoms with E-state index >= 15 is 0 Å². The monoisotopic (exact) mass is 195 g/mol. The molecule has 76 valence electrons. The van der Waals surface area contributed by atoms with Crippen LogP contribution in [-0.2, 0) is 0 Å². The molecule has 1 rings (SSSR count). The van der Waals surface area contributed by atoms with Crippen LogP contribution in [0, 0.1) is 0 Å². The van der Waals surface area contributed by atoms with Crippen LogP contribution in [0.3, 0.4) is 0 Å². The molecule has 0 aliphatic carbocycles. The van der Waals surface area contributed by atoms with Gasteiger partial charge in [0.25, 0.3) is 0 Å². The third-order valence-corrected chi connectivity index (χ3v) is 1.35. The summed E-state index contributed by atoms with van der Waals surface area (Å²) in [5.74, 6) is 0.566. The molecule has 0 spiro atoms. The molecule has 2 N–H and O–H groups in total. The van der Waals surface area contributed by atoms with Crippen LogP contribution in [0.2, 0.25) is 0 Å². The largest absolute Gasteiger partial charge is 0.475 e. The molecule has 5 nitrogen and oxygen atoms in total. The number of hydroxylamine groups is 1. The van der Waals surface area contributed by atoms with Crippen LogP contribution in [0.4, 0.5) is 5.69 Å². The molecule has 1 aromatic heterocycles. The average molecular weight is 195 g/mol. The summed E-state index contributed by atoms with van der Waals surface area (Å²) in [5.41, 5.74) is 2.45. The average Bonchev–Trinajstić information content (AvgIpc) is 2.16. The lowest BCUT2D eigenvalue weighted by Gasteiger charge is -2.07. The van der Waals surface area contributed by atoms with Crippen LogP contribution in [0.25, 0.3) is 0 Å².